The first-order chi connectivity index (χ1) is 10.2. The van der Waals surface area contributed by atoms with Crippen molar-refractivity contribution in [2.24, 2.45) is 4.74 Å². The van der Waals surface area contributed by atoms with Gasteiger partial charge in [0.05, 0.1) is 38.2 Å². The molecule has 2 unspecified atom stereocenters. The lowest BCUT2D eigenvalue weighted by atomic mass is 10.2. The molecule has 0 radical (unpaired) electrons. The van der Waals surface area contributed by atoms with Gasteiger partial charge in [-0.25, -0.2) is 0 Å². The summed E-state index contributed by atoms with van der Waals surface area (Å²) >= 11 is 0. The van der Waals surface area contributed by atoms with Crippen LogP contribution in [0.4, 0.5) is 0 Å². The Labute approximate surface area is 158 Å². The highest BCUT2D eigenvalue weighted by Gasteiger charge is 2.60. The highest BCUT2D eigenvalue weighted by Crippen LogP contribution is 2.61. The summed E-state index contributed by atoms with van der Waals surface area (Å²) < 4.78 is 28.6. The summed E-state index contributed by atoms with van der Waals surface area (Å²) in [6.07, 6.45) is 0. The maximum atomic E-state index is 6.34. The topological polar surface area (TPSA) is 53.7 Å². The van der Waals surface area contributed by atoms with E-state index in [-0.39, 0.29) is 34.8 Å². The third-order valence-corrected chi connectivity index (χ3v) is 8.51. The summed E-state index contributed by atoms with van der Waals surface area (Å²) in [5, 5.41) is 0.0120. The molecule has 1 rings (SSSR count). The number of quaternary nitrogens is 1. The first-order valence-corrected chi connectivity index (χ1v) is 9.58. The second-order valence-corrected chi connectivity index (χ2v) is 10.5. The van der Waals surface area contributed by atoms with Crippen molar-refractivity contribution in [3.63, 3.8) is 0 Å². The van der Waals surface area contributed by atoms with Crippen molar-refractivity contribution in [3.8, 4) is 0 Å². The van der Waals surface area contributed by atoms with E-state index in [4.69, 9.17) is 23.5 Å². The van der Waals surface area contributed by atoms with Crippen molar-refractivity contribution in [1.82, 2.24) is 0 Å². The molecule has 0 amide bonds. The van der Waals surface area contributed by atoms with E-state index in [9.17, 15) is 0 Å². The molecule has 0 fully saturated rings. The Morgan fingerprint density at radius 1 is 0.957 bits per heavy atom. The maximum Gasteiger partial charge on any atom is 0.279 e. The summed E-state index contributed by atoms with van der Waals surface area (Å²) in [4.78, 5) is 0. The predicted octanol–water partition coefficient (Wildman–Crippen LogP) is -1.22. The van der Waals surface area contributed by atoms with Crippen molar-refractivity contribution >= 4 is 7.43 Å². The van der Waals surface area contributed by atoms with Crippen molar-refractivity contribution in [1.29, 1.82) is 0 Å². The molecule has 8 heteroatoms. The number of nitrogens with zero attached hydrogens (tertiary/aromatic N) is 1. The molecule has 0 saturated heterocycles. The van der Waals surface area contributed by atoms with Crippen LogP contribution in [0.25, 0.3) is 0 Å². The van der Waals surface area contributed by atoms with Gasteiger partial charge in [-0.2, -0.15) is 4.74 Å². The Morgan fingerprint density at radius 3 is 2.00 bits per heavy atom. The Kier molecular flexibility index (Phi) is 10.4. The minimum absolute atomic E-state index is 0. The molecule has 140 valence electrons. The van der Waals surface area contributed by atoms with E-state index in [1.807, 2.05) is 0 Å². The first-order valence-electron chi connectivity index (χ1n) is 7.92. The zero-order valence-corrected chi connectivity index (χ0v) is 18.7. The Morgan fingerprint density at radius 2 is 1.52 bits per heavy atom. The number of methoxy groups -OCH3 is 2. The van der Waals surface area contributed by atoms with Crippen LogP contribution >= 0.6 is 7.43 Å². The zero-order chi connectivity index (χ0) is 16.9. The molecular formula is C15H34IN2O4P. The van der Waals surface area contributed by atoms with Crippen LogP contribution < -0.4 is 28.6 Å². The molecule has 1 aliphatic heterocycles. The van der Waals surface area contributed by atoms with E-state index < -0.39 is 7.43 Å². The summed E-state index contributed by atoms with van der Waals surface area (Å²) in [5.74, 6) is 0. The molecule has 0 aromatic rings. The van der Waals surface area contributed by atoms with Crippen molar-refractivity contribution in [2.45, 2.75) is 45.4 Å². The van der Waals surface area contributed by atoms with Crippen LogP contribution in [0.15, 0.2) is 4.74 Å². The number of ether oxygens (including phenoxy) is 3. The van der Waals surface area contributed by atoms with Gasteiger partial charge in [-0.3, -0.25) is 9.19 Å². The zero-order valence-electron chi connectivity index (χ0n) is 15.6. The fourth-order valence-electron chi connectivity index (χ4n) is 2.78. The Hall–Kier alpha value is 0.760. The second kappa shape index (κ2) is 10.0. The molecule has 0 aromatic carbocycles. The monoisotopic (exact) mass is 464 g/mol. The summed E-state index contributed by atoms with van der Waals surface area (Å²) in [6, 6.07) is 0. The normalized spacial score (nSPS) is 26.1. The smallest absolute Gasteiger partial charge is 0.279 e. The molecule has 1 heterocycles. The average Bonchev–Trinajstić information content (AvgIpc) is 2.40. The van der Waals surface area contributed by atoms with E-state index in [0.29, 0.717) is 26.4 Å². The fraction of sp³-hybridized carbons (Fsp3) is 1.00. The first kappa shape index (κ1) is 23.8. The maximum absolute atomic E-state index is 6.34. The Bertz CT molecular complexity index is 399. The largest absolute Gasteiger partial charge is 1.00 e. The van der Waals surface area contributed by atoms with Gasteiger partial charge in [0.2, 0.25) is 0 Å². The van der Waals surface area contributed by atoms with Gasteiger partial charge in [0.15, 0.2) is 5.66 Å². The molecule has 0 aliphatic carbocycles. The van der Waals surface area contributed by atoms with E-state index in [1.54, 1.807) is 14.2 Å². The van der Waals surface area contributed by atoms with Gasteiger partial charge in [0.25, 0.3) is 7.43 Å². The van der Waals surface area contributed by atoms with Gasteiger partial charge in [0.1, 0.15) is 6.54 Å². The van der Waals surface area contributed by atoms with Gasteiger partial charge in [0, 0.05) is 28.1 Å². The highest BCUT2D eigenvalue weighted by molar-refractivity contribution is 7.57. The van der Waals surface area contributed by atoms with Crippen LogP contribution in [-0.4, -0.2) is 64.6 Å². The van der Waals surface area contributed by atoms with Gasteiger partial charge >= 0.3 is 0 Å². The Balaban J connectivity index is 0.00000484. The third-order valence-electron chi connectivity index (χ3n) is 3.85. The van der Waals surface area contributed by atoms with Crippen molar-refractivity contribution < 1.29 is 47.4 Å². The van der Waals surface area contributed by atoms with Crippen LogP contribution in [-0.2, 0) is 18.7 Å². The molecule has 0 saturated carbocycles. The van der Waals surface area contributed by atoms with Crippen molar-refractivity contribution in [3.05, 3.63) is 0 Å². The molecule has 6 nitrogen and oxygen atoms in total. The number of hydrogen-bond acceptors (Lipinski definition) is 5. The minimum atomic E-state index is -1.92. The second-order valence-electron chi connectivity index (χ2n) is 7.03. The fourth-order valence-corrected chi connectivity index (χ4v) is 6.82. The van der Waals surface area contributed by atoms with Crippen LogP contribution in [0.3, 0.4) is 0 Å². The van der Waals surface area contributed by atoms with Gasteiger partial charge < -0.3 is 38.2 Å². The lowest BCUT2D eigenvalue weighted by molar-refractivity contribution is -0.853. The molecule has 0 spiro atoms. The highest BCUT2D eigenvalue weighted by atomic mass is 127. The molecule has 2 atom stereocenters. The standard InChI is InChI=1S/C15H33N2O4P.HI/c1-14(2,3)22(21-13-12-20-11-10-19-7)16-15(4,5)17(22)8-9-18-6;/h8-13H2,1-7H3;1H. The van der Waals surface area contributed by atoms with Gasteiger partial charge in [-0.05, 0) is 20.8 Å². The average molecular weight is 464 g/mol. The SMILES string of the molecule is COCCOCCOP1(C(C)(C)C)=NC(C)(C)[NH+]1CCOC.[I-]. The van der Waals surface area contributed by atoms with Crippen LogP contribution in [0.1, 0.15) is 34.6 Å². The number of halogens is 1. The molecule has 23 heavy (non-hydrogen) atoms. The van der Waals surface area contributed by atoms with E-state index in [2.05, 4.69) is 34.6 Å². The lowest BCUT2D eigenvalue weighted by Crippen LogP contribution is -3.20. The van der Waals surface area contributed by atoms with Crippen molar-refractivity contribution in [2.75, 3.05) is 53.8 Å². The van der Waals surface area contributed by atoms with E-state index in [1.165, 1.54) is 4.67 Å². The number of nitrogens with one attached hydrogen (secondary N) is 1. The van der Waals surface area contributed by atoms with Gasteiger partial charge in [-0.15, -0.1) is 0 Å². The van der Waals surface area contributed by atoms with E-state index in [0.717, 1.165) is 13.2 Å². The predicted molar refractivity (Wildman–Crippen MR) is 89.5 cm³/mol. The summed E-state index contributed by atoms with van der Waals surface area (Å²) in [5.41, 5.74) is -0.101. The quantitative estimate of drug-likeness (QED) is 0.250. The molecule has 0 aromatic heterocycles. The van der Waals surface area contributed by atoms with Crippen LogP contribution in [0.5, 0.6) is 0 Å². The van der Waals surface area contributed by atoms with Gasteiger partial charge in [-0.1, -0.05) is 0 Å². The number of hydrogen-bond donors (Lipinski definition) is 1. The minimum Gasteiger partial charge on any atom is -1.00 e. The van der Waals surface area contributed by atoms with E-state index >= 15 is 0 Å². The number of rotatable bonds is 10. The summed E-state index contributed by atoms with van der Waals surface area (Å²) in [7, 11) is 1.49. The molecule has 1 aliphatic rings. The summed E-state index contributed by atoms with van der Waals surface area (Å²) in [6.45, 7) is 15.0. The molecule has 1 N–H and O–H groups in total. The molecule has 0 bridgehead atoms. The van der Waals surface area contributed by atoms with Crippen LogP contribution in [0.2, 0.25) is 0 Å². The molecular weight excluding hydrogens is 430 g/mol. The van der Waals surface area contributed by atoms with Crippen LogP contribution in [0, 0.1) is 0 Å². The third kappa shape index (κ3) is 5.90. The lowest BCUT2D eigenvalue weighted by Gasteiger charge is -2.53.